The highest BCUT2D eigenvalue weighted by Crippen LogP contribution is 2.46. The van der Waals surface area contributed by atoms with Crippen LogP contribution in [0, 0.1) is 6.92 Å². The molecule has 2 aliphatic rings. The van der Waals surface area contributed by atoms with E-state index in [1.165, 1.54) is 6.07 Å². The van der Waals surface area contributed by atoms with E-state index in [0.717, 1.165) is 33.1 Å². The molecule has 1 aliphatic heterocycles. The fourth-order valence-corrected chi connectivity index (χ4v) is 6.91. The minimum Gasteiger partial charge on any atom is -0.507 e. The van der Waals surface area contributed by atoms with Crippen LogP contribution in [0.15, 0.2) is 119 Å². The molecule has 4 N–H and O–H groups in total. The molecule has 4 aromatic carbocycles. The van der Waals surface area contributed by atoms with E-state index >= 15 is 0 Å². The van der Waals surface area contributed by atoms with E-state index in [1.807, 2.05) is 67.6 Å². The summed E-state index contributed by atoms with van der Waals surface area (Å²) in [5.74, 6) is -0.949. The highest BCUT2D eigenvalue weighted by Gasteiger charge is 2.28. The first-order valence-corrected chi connectivity index (χ1v) is 16.6. The number of aromatic carboxylic acids is 1. The first-order chi connectivity index (χ1) is 24.8. The quantitative estimate of drug-likeness (QED) is 0.115. The van der Waals surface area contributed by atoms with Crippen LogP contribution in [0.1, 0.15) is 27.0 Å². The predicted molar refractivity (Wildman–Crippen MR) is 201 cm³/mol. The van der Waals surface area contributed by atoms with Crippen LogP contribution < -0.4 is 16.1 Å². The number of para-hydroxylation sites is 2. The number of phenolic OH excluding ortho intramolecular Hbond substituents is 1. The summed E-state index contributed by atoms with van der Waals surface area (Å²) >= 11 is 6.67. The van der Waals surface area contributed by atoms with Gasteiger partial charge in [0.05, 0.1) is 44.1 Å². The van der Waals surface area contributed by atoms with Gasteiger partial charge in [-0.3, -0.25) is 14.8 Å². The van der Waals surface area contributed by atoms with Gasteiger partial charge in [0.1, 0.15) is 17.1 Å². The van der Waals surface area contributed by atoms with Crippen LogP contribution in [0.4, 0.5) is 11.4 Å². The predicted octanol–water partition coefficient (Wildman–Crippen LogP) is 9.25. The van der Waals surface area contributed by atoms with Crippen molar-refractivity contribution in [1.29, 1.82) is 0 Å². The molecule has 0 bridgehead atoms. The van der Waals surface area contributed by atoms with E-state index < -0.39 is 11.4 Å². The molecule has 51 heavy (non-hydrogen) atoms. The Balaban J connectivity index is 1.37. The summed E-state index contributed by atoms with van der Waals surface area (Å²) in [7, 11) is 0. The van der Waals surface area contributed by atoms with Gasteiger partial charge in [-0.05, 0) is 61.0 Å². The maximum absolute atomic E-state index is 13.9. The van der Waals surface area contributed by atoms with Crippen LogP contribution in [-0.4, -0.2) is 26.2 Å². The van der Waals surface area contributed by atoms with Gasteiger partial charge in [0, 0.05) is 52.8 Å². The Morgan fingerprint density at radius 2 is 1.41 bits per heavy atom. The molecule has 250 valence electrons. The van der Waals surface area contributed by atoms with Gasteiger partial charge in [-0.2, -0.15) is 0 Å². The number of carboxylic acid groups (broad SMARTS) is 1. The average molecular weight is 693 g/mol. The lowest BCUT2D eigenvalue weighted by Gasteiger charge is -2.22. The lowest BCUT2D eigenvalue weighted by atomic mass is 9.87. The third kappa shape index (κ3) is 5.63. The Kier molecular flexibility index (Phi) is 7.97. The number of aromatic nitrogens is 2. The van der Waals surface area contributed by atoms with E-state index in [-0.39, 0.29) is 46.3 Å². The molecule has 6 aromatic rings. The summed E-state index contributed by atoms with van der Waals surface area (Å²) in [5.41, 5.74) is 5.71. The molecule has 0 spiro atoms. The second-order valence-electron chi connectivity index (χ2n) is 12.3. The largest absolute Gasteiger partial charge is 0.507 e. The molecule has 1 aliphatic carbocycles. The molecular formula is C41H29ClN4O5. The molecule has 9 nitrogen and oxygen atoms in total. The molecule has 0 fully saturated rings. The number of hydrogen-bond acceptors (Lipinski definition) is 8. The zero-order valence-electron chi connectivity index (χ0n) is 27.2. The second kappa shape index (κ2) is 12.8. The maximum atomic E-state index is 13.9. The maximum Gasteiger partial charge on any atom is 0.336 e. The van der Waals surface area contributed by atoms with Crippen molar-refractivity contribution in [3.8, 4) is 28.2 Å². The van der Waals surface area contributed by atoms with E-state index in [0.29, 0.717) is 33.3 Å². The van der Waals surface area contributed by atoms with E-state index in [4.69, 9.17) is 16.0 Å². The molecular weight excluding hydrogens is 664 g/mol. The molecule has 0 unspecified atom stereocenters. The van der Waals surface area contributed by atoms with Gasteiger partial charge in [0.15, 0.2) is 0 Å². The molecule has 2 aromatic heterocycles. The summed E-state index contributed by atoms with van der Waals surface area (Å²) in [6.07, 6.45) is 3.42. The number of nitrogens with one attached hydrogen (secondary N) is 2. The second-order valence-corrected chi connectivity index (χ2v) is 12.7. The molecule has 0 saturated carbocycles. The van der Waals surface area contributed by atoms with Gasteiger partial charge >= 0.3 is 5.97 Å². The fourth-order valence-electron chi connectivity index (χ4n) is 6.68. The first kappa shape index (κ1) is 31.8. The minimum atomic E-state index is -1.12. The van der Waals surface area contributed by atoms with Crippen molar-refractivity contribution < 1.29 is 19.4 Å². The Hall–Kier alpha value is -6.45. The van der Waals surface area contributed by atoms with Crippen LogP contribution in [-0.2, 0) is 13.1 Å². The SMILES string of the molecule is Cc1ccc(C(=O)O)c(-c2c3cc(Cl)c(=O)c(CNc4cccc5cccnc45)c-3oc3c(CNc4cccc5cccnc45)c(O)ccc23)c1. The van der Waals surface area contributed by atoms with Gasteiger partial charge in [-0.1, -0.05) is 65.7 Å². The fraction of sp³-hybridized carbons (Fsp3) is 0.0732. The number of phenols is 1. The topological polar surface area (TPSA) is 138 Å². The monoisotopic (exact) mass is 692 g/mol. The Labute approximate surface area is 296 Å². The highest BCUT2D eigenvalue weighted by molar-refractivity contribution is 6.31. The van der Waals surface area contributed by atoms with Crippen LogP contribution >= 0.6 is 11.6 Å². The summed E-state index contributed by atoms with van der Waals surface area (Å²) < 4.78 is 6.69. The van der Waals surface area contributed by atoms with Gasteiger partial charge in [0.2, 0.25) is 5.43 Å². The molecule has 8 rings (SSSR count). The number of fused-ring (bicyclic) bond motifs is 4. The van der Waals surface area contributed by atoms with Crippen LogP contribution in [0.25, 0.3) is 55.2 Å². The van der Waals surface area contributed by atoms with Crippen LogP contribution in [0.2, 0.25) is 5.02 Å². The number of halogens is 1. The normalized spacial score (nSPS) is 11.4. The Morgan fingerprint density at radius 3 is 2.06 bits per heavy atom. The van der Waals surface area contributed by atoms with Crippen molar-refractivity contribution in [3.63, 3.8) is 0 Å². The molecule has 0 radical (unpaired) electrons. The summed E-state index contributed by atoms with van der Waals surface area (Å²) in [4.78, 5) is 35.6. The Morgan fingerprint density at radius 1 is 0.784 bits per heavy atom. The highest BCUT2D eigenvalue weighted by atomic mass is 35.5. The van der Waals surface area contributed by atoms with Gasteiger partial charge in [-0.15, -0.1) is 0 Å². The van der Waals surface area contributed by atoms with Crippen molar-refractivity contribution in [2.75, 3.05) is 10.6 Å². The zero-order valence-corrected chi connectivity index (χ0v) is 28.0. The zero-order chi connectivity index (χ0) is 35.2. The summed E-state index contributed by atoms with van der Waals surface area (Å²) in [6.45, 7) is 2.02. The molecule has 3 heterocycles. The van der Waals surface area contributed by atoms with Gasteiger partial charge in [0.25, 0.3) is 0 Å². The smallest absolute Gasteiger partial charge is 0.336 e. The summed E-state index contributed by atoms with van der Waals surface area (Å²) in [6, 6.07) is 29.0. The van der Waals surface area contributed by atoms with Crippen LogP contribution in [0.5, 0.6) is 5.75 Å². The standard InChI is InChI=1S/C41H29ClN4O5/c1-22-12-13-25(41(49)50)27(18-22)35-26-14-15-34(47)29(20-45-32-10-2-6-23-8-4-16-43-36(23)32)39(26)51-40-28(35)19-31(42)38(48)30(40)21-46-33-11-3-7-24-9-5-17-44-37(24)33/h2-19,45-47H,20-21H2,1H3,(H,49,50). The first-order valence-electron chi connectivity index (χ1n) is 16.2. The number of benzene rings is 5. The molecule has 0 amide bonds. The van der Waals surface area contributed by atoms with Gasteiger partial charge in [-0.25, -0.2) is 4.79 Å². The number of anilines is 2. The van der Waals surface area contributed by atoms with E-state index in [2.05, 4.69) is 20.6 Å². The number of pyridine rings is 2. The van der Waals surface area contributed by atoms with Crippen molar-refractivity contribution in [2.24, 2.45) is 0 Å². The lowest BCUT2D eigenvalue weighted by Crippen LogP contribution is -2.17. The van der Waals surface area contributed by atoms with Crippen molar-refractivity contribution in [1.82, 2.24) is 9.97 Å². The third-order valence-corrected chi connectivity index (χ3v) is 9.39. The van der Waals surface area contributed by atoms with Gasteiger partial charge < -0.3 is 25.3 Å². The number of rotatable bonds is 8. The number of aryl methyl sites for hydroxylation is 1. The van der Waals surface area contributed by atoms with E-state index in [9.17, 15) is 19.8 Å². The van der Waals surface area contributed by atoms with Crippen molar-refractivity contribution in [2.45, 2.75) is 20.0 Å². The van der Waals surface area contributed by atoms with Crippen molar-refractivity contribution >= 4 is 61.7 Å². The number of carboxylic acids is 1. The number of hydrogen-bond donors (Lipinski definition) is 4. The molecule has 10 heteroatoms. The number of nitrogens with zero attached hydrogens (tertiary/aromatic N) is 2. The minimum absolute atomic E-state index is 0.0215. The number of aromatic hydroxyl groups is 1. The lowest BCUT2D eigenvalue weighted by molar-refractivity contribution is 0.0697. The van der Waals surface area contributed by atoms with Crippen molar-refractivity contribution in [3.05, 3.63) is 147 Å². The third-order valence-electron chi connectivity index (χ3n) is 9.11. The number of carbonyl (C=O) groups is 1. The Bertz CT molecular complexity index is 2700. The van der Waals surface area contributed by atoms with E-state index in [1.54, 1.807) is 42.7 Å². The average Bonchev–Trinajstić information content (AvgIpc) is 3.14. The summed E-state index contributed by atoms with van der Waals surface area (Å²) in [5, 5.41) is 30.8. The molecule has 0 atom stereocenters. The molecule has 0 saturated heterocycles. The van der Waals surface area contributed by atoms with Crippen LogP contribution in [0.3, 0.4) is 0 Å².